The van der Waals surface area contributed by atoms with Crippen LogP contribution >= 0.6 is 0 Å². The maximum atomic E-state index is 11.4. The second-order valence-electron chi connectivity index (χ2n) is 3.98. The Morgan fingerprint density at radius 1 is 1.44 bits per heavy atom. The lowest BCUT2D eigenvalue weighted by molar-refractivity contribution is -0.118. The molecule has 0 radical (unpaired) electrons. The molecule has 0 spiro atoms. The van der Waals surface area contributed by atoms with E-state index in [0.29, 0.717) is 24.4 Å². The van der Waals surface area contributed by atoms with Gasteiger partial charge in [-0.2, -0.15) is 0 Å². The molecular weight excluding hydrogens is 204 g/mol. The van der Waals surface area contributed by atoms with Gasteiger partial charge in [-0.15, -0.1) is 0 Å². The molecule has 16 heavy (non-hydrogen) atoms. The summed E-state index contributed by atoms with van der Waals surface area (Å²) in [5, 5.41) is 0. The summed E-state index contributed by atoms with van der Waals surface area (Å²) in [7, 11) is 0. The number of hydrogen-bond acceptors (Lipinski definition) is 4. The molecule has 1 aromatic rings. The zero-order valence-corrected chi connectivity index (χ0v) is 10.1. The molecular formula is C12H18N2O2. The van der Waals surface area contributed by atoms with Gasteiger partial charge in [-0.25, -0.2) is 4.98 Å². The first kappa shape index (κ1) is 12.6. The number of nitrogens with zero attached hydrogens (tertiary/aromatic N) is 2. The third-order valence-electron chi connectivity index (χ3n) is 1.93. The smallest absolute Gasteiger partial charge is 0.232 e. The Hall–Kier alpha value is -1.45. The topological polar surface area (TPSA) is 52.1 Å². The Morgan fingerprint density at radius 2 is 2.19 bits per heavy atom. The molecule has 0 aliphatic heterocycles. The number of aromatic nitrogens is 2. The van der Waals surface area contributed by atoms with Gasteiger partial charge in [-0.3, -0.25) is 9.78 Å². The van der Waals surface area contributed by atoms with Crippen LogP contribution in [0.5, 0.6) is 5.88 Å². The fraction of sp³-hybridized carbons (Fsp3) is 0.583. The summed E-state index contributed by atoms with van der Waals surface area (Å²) in [5.74, 6) is 0.676. The lowest BCUT2D eigenvalue weighted by atomic mass is 10.1. The molecule has 0 bridgehead atoms. The molecule has 1 rings (SSSR count). The van der Waals surface area contributed by atoms with Gasteiger partial charge in [0.2, 0.25) is 5.88 Å². The average molecular weight is 222 g/mol. The number of ketones is 1. The van der Waals surface area contributed by atoms with Crippen LogP contribution in [0, 0.1) is 0 Å². The molecule has 1 aromatic heterocycles. The highest BCUT2D eigenvalue weighted by Crippen LogP contribution is 2.08. The van der Waals surface area contributed by atoms with Gasteiger partial charge in [-0.1, -0.05) is 6.92 Å². The van der Waals surface area contributed by atoms with Gasteiger partial charge in [0.1, 0.15) is 5.78 Å². The molecule has 4 nitrogen and oxygen atoms in total. The second-order valence-corrected chi connectivity index (χ2v) is 3.98. The fourth-order valence-electron chi connectivity index (χ4n) is 1.34. The number of Topliss-reactive ketones (excluding diaryl/α,β-unsaturated/α-hetero) is 1. The van der Waals surface area contributed by atoms with E-state index in [0.717, 1.165) is 6.42 Å². The zero-order valence-electron chi connectivity index (χ0n) is 10.1. The van der Waals surface area contributed by atoms with Gasteiger partial charge in [0, 0.05) is 12.6 Å². The van der Waals surface area contributed by atoms with Crippen molar-refractivity contribution in [2.45, 2.75) is 46.1 Å². The number of rotatable bonds is 6. The Kier molecular flexibility index (Phi) is 4.89. The highest BCUT2D eigenvalue weighted by Gasteiger charge is 2.06. The normalized spacial score (nSPS) is 10.5. The summed E-state index contributed by atoms with van der Waals surface area (Å²) >= 11 is 0. The van der Waals surface area contributed by atoms with Crippen molar-refractivity contribution in [2.75, 3.05) is 0 Å². The predicted octanol–water partition coefficient (Wildman–Crippen LogP) is 2.18. The zero-order chi connectivity index (χ0) is 12.0. The van der Waals surface area contributed by atoms with Gasteiger partial charge in [0.15, 0.2) is 0 Å². The summed E-state index contributed by atoms with van der Waals surface area (Å²) in [6, 6.07) is 0. The highest BCUT2D eigenvalue weighted by atomic mass is 16.5. The van der Waals surface area contributed by atoms with Gasteiger partial charge in [-0.05, 0) is 20.3 Å². The van der Waals surface area contributed by atoms with Crippen LogP contribution in [0.3, 0.4) is 0 Å². The van der Waals surface area contributed by atoms with Crippen molar-refractivity contribution < 1.29 is 9.53 Å². The monoisotopic (exact) mass is 222 g/mol. The van der Waals surface area contributed by atoms with Crippen LogP contribution in [-0.4, -0.2) is 21.9 Å². The van der Waals surface area contributed by atoms with Crippen molar-refractivity contribution in [3.05, 3.63) is 18.1 Å². The van der Waals surface area contributed by atoms with E-state index in [9.17, 15) is 4.79 Å². The van der Waals surface area contributed by atoms with Gasteiger partial charge in [0.25, 0.3) is 0 Å². The van der Waals surface area contributed by atoms with E-state index >= 15 is 0 Å². The van der Waals surface area contributed by atoms with Gasteiger partial charge < -0.3 is 4.74 Å². The van der Waals surface area contributed by atoms with Crippen molar-refractivity contribution in [1.82, 2.24) is 9.97 Å². The van der Waals surface area contributed by atoms with E-state index in [4.69, 9.17) is 4.74 Å². The summed E-state index contributed by atoms with van der Waals surface area (Å²) in [6.07, 6.45) is 5.05. The Morgan fingerprint density at radius 3 is 2.81 bits per heavy atom. The minimum Gasteiger partial charge on any atom is -0.474 e. The summed E-state index contributed by atoms with van der Waals surface area (Å²) in [5.41, 5.74) is 0.677. The average Bonchev–Trinajstić information content (AvgIpc) is 2.17. The Labute approximate surface area is 96.1 Å². The molecule has 0 aromatic carbocycles. The first-order valence-corrected chi connectivity index (χ1v) is 5.61. The van der Waals surface area contributed by atoms with E-state index < -0.39 is 0 Å². The molecule has 0 N–H and O–H groups in total. The Bertz CT molecular complexity index is 351. The lowest BCUT2D eigenvalue weighted by Crippen LogP contribution is -2.09. The summed E-state index contributed by atoms with van der Waals surface area (Å²) < 4.78 is 5.41. The first-order valence-electron chi connectivity index (χ1n) is 5.61. The number of carbonyl (C=O) groups excluding carboxylic acids is 1. The molecule has 88 valence electrons. The van der Waals surface area contributed by atoms with Crippen molar-refractivity contribution in [3.63, 3.8) is 0 Å². The molecule has 0 fully saturated rings. The standard InChI is InChI=1S/C12H18N2O2/c1-4-5-11(15)6-10-7-13-8-12(14-10)16-9(2)3/h7-9H,4-6H2,1-3H3. The van der Waals surface area contributed by atoms with Crippen molar-refractivity contribution in [2.24, 2.45) is 0 Å². The number of hydrogen-bond donors (Lipinski definition) is 0. The molecule has 4 heteroatoms. The highest BCUT2D eigenvalue weighted by molar-refractivity contribution is 5.80. The largest absolute Gasteiger partial charge is 0.474 e. The maximum Gasteiger partial charge on any atom is 0.232 e. The van der Waals surface area contributed by atoms with Crippen LogP contribution in [0.1, 0.15) is 39.3 Å². The quantitative estimate of drug-likeness (QED) is 0.740. The minimum atomic E-state index is 0.0656. The van der Waals surface area contributed by atoms with Gasteiger partial charge >= 0.3 is 0 Å². The molecule has 0 saturated heterocycles. The molecule has 0 unspecified atom stereocenters. The summed E-state index contributed by atoms with van der Waals surface area (Å²) in [6.45, 7) is 5.84. The minimum absolute atomic E-state index is 0.0656. The summed E-state index contributed by atoms with van der Waals surface area (Å²) in [4.78, 5) is 19.7. The number of carbonyl (C=O) groups is 1. The van der Waals surface area contributed by atoms with E-state index in [1.54, 1.807) is 12.4 Å². The van der Waals surface area contributed by atoms with Crippen LogP contribution in [0.25, 0.3) is 0 Å². The van der Waals surface area contributed by atoms with E-state index in [-0.39, 0.29) is 11.9 Å². The van der Waals surface area contributed by atoms with E-state index in [1.807, 2.05) is 20.8 Å². The Balaban J connectivity index is 2.63. The predicted molar refractivity (Wildman–Crippen MR) is 61.4 cm³/mol. The van der Waals surface area contributed by atoms with Crippen molar-refractivity contribution in [3.8, 4) is 5.88 Å². The molecule has 0 aliphatic rings. The van der Waals surface area contributed by atoms with E-state index in [2.05, 4.69) is 9.97 Å². The number of ether oxygens (including phenoxy) is 1. The molecule has 0 saturated carbocycles. The maximum absolute atomic E-state index is 11.4. The van der Waals surface area contributed by atoms with Gasteiger partial charge in [0.05, 0.1) is 24.4 Å². The molecule has 1 heterocycles. The van der Waals surface area contributed by atoms with Crippen molar-refractivity contribution >= 4 is 5.78 Å². The van der Waals surface area contributed by atoms with Crippen LogP contribution < -0.4 is 4.74 Å². The van der Waals surface area contributed by atoms with Crippen LogP contribution in [0.15, 0.2) is 12.4 Å². The van der Waals surface area contributed by atoms with Crippen molar-refractivity contribution in [1.29, 1.82) is 0 Å². The molecule has 0 amide bonds. The van der Waals surface area contributed by atoms with E-state index in [1.165, 1.54) is 0 Å². The second kappa shape index (κ2) is 6.20. The first-order chi connectivity index (χ1) is 7.61. The van der Waals surface area contributed by atoms with Crippen LogP contribution in [-0.2, 0) is 11.2 Å². The van der Waals surface area contributed by atoms with Crippen LogP contribution in [0.2, 0.25) is 0 Å². The molecule has 0 atom stereocenters. The molecule has 0 aliphatic carbocycles. The fourth-order valence-corrected chi connectivity index (χ4v) is 1.34. The van der Waals surface area contributed by atoms with Crippen LogP contribution in [0.4, 0.5) is 0 Å². The third-order valence-corrected chi connectivity index (χ3v) is 1.93. The lowest BCUT2D eigenvalue weighted by Gasteiger charge is -2.08. The third kappa shape index (κ3) is 4.38. The SMILES string of the molecule is CCCC(=O)Cc1cncc(OC(C)C)n1.